The summed E-state index contributed by atoms with van der Waals surface area (Å²) in [6.45, 7) is 3.41. The van der Waals surface area contributed by atoms with Gasteiger partial charge in [0.1, 0.15) is 6.54 Å². The first kappa shape index (κ1) is 25.4. The highest BCUT2D eigenvalue weighted by molar-refractivity contribution is 7.92. The zero-order valence-electron chi connectivity index (χ0n) is 19.4. The summed E-state index contributed by atoms with van der Waals surface area (Å²) in [6, 6.07) is 18.0. The fraction of sp³-hybridized carbons (Fsp3) is 0.240. The molecule has 3 aromatic carbocycles. The fourth-order valence-electron chi connectivity index (χ4n) is 3.38. The van der Waals surface area contributed by atoms with E-state index < -0.39 is 22.5 Å². The van der Waals surface area contributed by atoms with Gasteiger partial charge in [-0.25, -0.2) is 8.42 Å². The van der Waals surface area contributed by atoms with E-state index in [1.54, 1.807) is 24.3 Å². The third-order valence-electron chi connectivity index (χ3n) is 5.30. The highest BCUT2D eigenvalue weighted by Crippen LogP contribution is 2.32. The van der Waals surface area contributed by atoms with Crippen LogP contribution in [0.15, 0.2) is 71.6 Å². The number of hydrogen-bond donors (Lipinski definition) is 1. The first-order valence-corrected chi connectivity index (χ1v) is 12.3. The van der Waals surface area contributed by atoms with Crippen molar-refractivity contribution in [2.75, 3.05) is 25.1 Å². The van der Waals surface area contributed by atoms with Gasteiger partial charge in [0.25, 0.3) is 10.0 Å². The maximum atomic E-state index is 13.6. The number of aryl methyl sites for hydroxylation is 1. The normalized spacial score (nSPS) is 12.0. The number of halogens is 1. The number of hydrogen-bond acceptors (Lipinski definition) is 5. The molecule has 3 aromatic rings. The van der Waals surface area contributed by atoms with Crippen LogP contribution in [0.25, 0.3) is 0 Å². The minimum Gasteiger partial charge on any atom is -0.493 e. The molecule has 0 aromatic heterocycles. The van der Waals surface area contributed by atoms with Gasteiger partial charge in [-0.15, -0.1) is 0 Å². The van der Waals surface area contributed by atoms with Gasteiger partial charge < -0.3 is 14.8 Å². The molecule has 0 saturated heterocycles. The molecule has 0 saturated carbocycles. The van der Waals surface area contributed by atoms with Crippen LogP contribution in [-0.4, -0.2) is 35.1 Å². The van der Waals surface area contributed by atoms with Crippen LogP contribution in [0.2, 0.25) is 5.02 Å². The molecule has 0 heterocycles. The summed E-state index contributed by atoms with van der Waals surface area (Å²) in [7, 11) is -1.25. The van der Waals surface area contributed by atoms with Crippen LogP contribution in [-0.2, 0) is 14.8 Å². The number of carbonyl (C=O) groups is 1. The van der Waals surface area contributed by atoms with Gasteiger partial charge in [0, 0.05) is 11.1 Å². The number of amides is 1. The smallest absolute Gasteiger partial charge is 0.264 e. The van der Waals surface area contributed by atoms with Gasteiger partial charge in [0.2, 0.25) is 5.91 Å². The van der Waals surface area contributed by atoms with E-state index in [0.717, 1.165) is 15.4 Å². The lowest BCUT2D eigenvalue weighted by Gasteiger charge is -2.25. The predicted octanol–water partition coefficient (Wildman–Crippen LogP) is 4.74. The van der Waals surface area contributed by atoms with E-state index in [0.29, 0.717) is 16.5 Å². The minimum absolute atomic E-state index is 0.0421. The van der Waals surface area contributed by atoms with Gasteiger partial charge in [-0.1, -0.05) is 41.4 Å². The Morgan fingerprint density at radius 1 is 0.971 bits per heavy atom. The molecule has 0 radical (unpaired) electrons. The predicted molar refractivity (Wildman–Crippen MR) is 133 cm³/mol. The molecule has 180 valence electrons. The third kappa shape index (κ3) is 5.81. The molecular weight excluding hydrogens is 476 g/mol. The number of nitrogens with one attached hydrogen (secondary N) is 1. The van der Waals surface area contributed by atoms with Crippen molar-refractivity contribution in [3.8, 4) is 11.5 Å². The SMILES string of the molecule is COc1ccc(S(=O)(=O)N(CC(=O)N[C@@H](C)c2ccc(C)cc2)c2ccc(Cl)cc2)cc1OC. The Morgan fingerprint density at radius 3 is 2.18 bits per heavy atom. The van der Waals surface area contributed by atoms with Crippen molar-refractivity contribution in [3.63, 3.8) is 0 Å². The van der Waals surface area contributed by atoms with Crippen LogP contribution < -0.4 is 19.1 Å². The van der Waals surface area contributed by atoms with Crippen LogP contribution in [0.5, 0.6) is 11.5 Å². The molecule has 0 aliphatic rings. The minimum atomic E-state index is -4.13. The summed E-state index contributed by atoms with van der Waals surface area (Å²) in [5.74, 6) is 0.202. The number of methoxy groups -OCH3 is 2. The molecule has 1 atom stereocenters. The van der Waals surface area contributed by atoms with Gasteiger partial charge in [-0.2, -0.15) is 0 Å². The highest BCUT2D eigenvalue weighted by atomic mass is 35.5. The number of rotatable bonds is 9. The molecule has 0 spiro atoms. The second-order valence-corrected chi connectivity index (χ2v) is 10.0. The van der Waals surface area contributed by atoms with Crippen LogP contribution in [0, 0.1) is 6.92 Å². The summed E-state index contributed by atoms with van der Waals surface area (Å²) >= 11 is 6.00. The lowest BCUT2D eigenvalue weighted by Crippen LogP contribution is -2.41. The first-order valence-electron chi connectivity index (χ1n) is 10.5. The molecular formula is C25H27ClN2O5S. The lowest BCUT2D eigenvalue weighted by atomic mass is 10.1. The van der Waals surface area contributed by atoms with E-state index in [4.69, 9.17) is 21.1 Å². The van der Waals surface area contributed by atoms with Crippen molar-refractivity contribution in [2.24, 2.45) is 0 Å². The number of benzene rings is 3. The van der Waals surface area contributed by atoms with Gasteiger partial charge in [-0.05, 0) is 55.8 Å². The zero-order valence-corrected chi connectivity index (χ0v) is 21.0. The Labute approximate surface area is 205 Å². The molecule has 0 aliphatic heterocycles. The molecule has 9 heteroatoms. The number of carbonyl (C=O) groups excluding carboxylic acids is 1. The molecule has 34 heavy (non-hydrogen) atoms. The highest BCUT2D eigenvalue weighted by Gasteiger charge is 2.29. The first-order chi connectivity index (χ1) is 16.1. The van der Waals surface area contributed by atoms with Gasteiger partial charge in [0.05, 0.1) is 30.8 Å². The molecule has 3 rings (SSSR count). The van der Waals surface area contributed by atoms with Crippen molar-refractivity contribution in [1.29, 1.82) is 0 Å². The van der Waals surface area contributed by atoms with Crippen molar-refractivity contribution in [2.45, 2.75) is 24.8 Å². The van der Waals surface area contributed by atoms with E-state index in [1.165, 1.54) is 32.4 Å². The zero-order chi connectivity index (χ0) is 24.9. The van der Waals surface area contributed by atoms with Crippen LogP contribution in [0.4, 0.5) is 5.69 Å². The van der Waals surface area contributed by atoms with Crippen molar-refractivity contribution < 1.29 is 22.7 Å². The summed E-state index contributed by atoms with van der Waals surface area (Å²) in [5, 5.41) is 3.32. The van der Waals surface area contributed by atoms with E-state index in [1.807, 2.05) is 38.1 Å². The maximum Gasteiger partial charge on any atom is 0.264 e. The topological polar surface area (TPSA) is 84.9 Å². The number of nitrogens with zero attached hydrogens (tertiary/aromatic N) is 1. The Balaban J connectivity index is 1.93. The Morgan fingerprint density at radius 2 is 1.59 bits per heavy atom. The molecule has 0 bridgehead atoms. The summed E-state index contributed by atoms with van der Waals surface area (Å²) < 4.78 is 38.8. The number of anilines is 1. The van der Waals surface area contributed by atoms with Gasteiger partial charge >= 0.3 is 0 Å². The van der Waals surface area contributed by atoms with Crippen LogP contribution in [0.1, 0.15) is 24.1 Å². The van der Waals surface area contributed by atoms with Crippen molar-refractivity contribution in [3.05, 3.63) is 82.9 Å². The molecule has 0 fully saturated rings. The van der Waals surface area contributed by atoms with Gasteiger partial charge in [-0.3, -0.25) is 9.10 Å². The van der Waals surface area contributed by atoms with Crippen molar-refractivity contribution in [1.82, 2.24) is 5.32 Å². The average molecular weight is 503 g/mol. The second kappa shape index (κ2) is 10.8. The van der Waals surface area contributed by atoms with Crippen molar-refractivity contribution >= 4 is 33.2 Å². The lowest BCUT2D eigenvalue weighted by molar-refractivity contribution is -0.120. The van der Waals surface area contributed by atoms with E-state index in [2.05, 4.69) is 5.32 Å². The molecule has 0 unspecified atom stereocenters. The molecule has 1 N–H and O–H groups in total. The second-order valence-electron chi connectivity index (χ2n) is 7.70. The largest absolute Gasteiger partial charge is 0.493 e. The van der Waals surface area contributed by atoms with E-state index >= 15 is 0 Å². The average Bonchev–Trinajstić information content (AvgIpc) is 2.83. The van der Waals surface area contributed by atoms with Crippen LogP contribution in [0.3, 0.4) is 0 Å². The Hall–Kier alpha value is -3.23. The van der Waals surface area contributed by atoms with E-state index in [-0.39, 0.29) is 16.7 Å². The Kier molecular flexibility index (Phi) is 8.06. The number of sulfonamides is 1. The molecule has 0 aliphatic carbocycles. The molecule has 7 nitrogen and oxygen atoms in total. The monoisotopic (exact) mass is 502 g/mol. The summed E-state index contributed by atoms with van der Waals surface area (Å²) in [6.07, 6.45) is 0. The summed E-state index contributed by atoms with van der Waals surface area (Å²) in [4.78, 5) is 12.9. The quantitative estimate of drug-likeness (QED) is 0.457. The number of ether oxygens (including phenoxy) is 2. The summed E-state index contributed by atoms with van der Waals surface area (Å²) in [5.41, 5.74) is 2.33. The van der Waals surface area contributed by atoms with E-state index in [9.17, 15) is 13.2 Å². The maximum absolute atomic E-state index is 13.6. The Bertz CT molecular complexity index is 1250. The van der Waals surface area contributed by atoms with Crippen LogP contribution >= 0.6 is 11.6 Å². The standard InChI is InChI=1S/C25H27ClN2O5S/c1-17-5-7-19(8-6-17)18(2)27-25(29)16-28(21-11-9-20(26)10-12-21)34(30,31)22-13-14-23(32-3)24(15-22)33-4/h5-15,18H,16H2,1-4H3,(H,27,29)/t18-/m0/s1. The fourth-order valence-corrected chi connectivity index (χ4v) is 4.95. The molecule has 1 amide bonds. The third-order valence-corrected chi connectivity index (χ3v) is 7.32. The van der Waals surface area contributed by atoms with Gasteiger partial charge in [0.15, 0.2) is 11.5 Å².